The molecule has 1 N–H and O–H groups in total. The van der Waals surface area contributed by atoms with Crippen molar-refractivity contribution in [1.29, 1.82) is 0 Å². The van der Waals surface area contributed by atoms with Crippen LogP contribution in [0.1, 0.15) is 119 Å². The molecule has 3 atom stereocenters. The molecule has 0 amide bonds. The van der Waals surface area contributed by atoms with Gasteiger partial charge in [0.15, 0.2) is 8.32 Å². The van der Waals surface area contributed by atoms with Crippen molar-refractivity contribution >= 4 is 8.32 Å². The van der Waals surface area contributed by atoms with Gasteiger partial charge in [-0.2, -0.15) is 0 Å². The van der Waals surface area contributed by atoms with Crippen LogP contribution in [0.5, 0.6) is 5.75 Å². The largest absolute Gasteiger partial charge is 0.489 e. The summed E-state index contributed by atoms with van der Waals surface area (Å²) < 4.78 is 13.4. The number of benzene rings is 2. The van der Waals surface area contributed by atoms with Gasteiger partial charge in [0.2, 0.25) is 0 Å². The molecule has 1 aromatic heterocycles. The second-order valence-corrected chi connectivity index (χ2v) is 20.5. The molecule has 1 unspecified atom stereocenters. The van der Waals surface area contributed by atoms with Crippen LogP contribution in [0, 0.1) is 5.41 Å². The van der Waals surface area contributed by atoms with Gasteiger partial charge in [-0.3, -0.25) is 4.98 Å². The van der Waals surface area contributed by atoms with E-state index in [0.29, 0.717) is 6.61 Å². The molecule has 2 aromatic carbocycles. The molecule has 236 valence electrons. The van der Waals surface area contributed by atoms with Crippen molar-refractivity contribution in [2.75, 3.05) is 0 Å². The second-order valence-electron chi connectivity index (χ2n) is 15.8. The third kappa shape index (κ3) is 6.75. The first kappa shape index (κ1) is 32.7. The Morgan fingerprint density at radius 3 is 2.30 bits per heavy atom. The zero-order valence-corrected chi connectivity index (χ0v) is 29.4. The summed E-state index contributed by atoms with van der Waals surface area (Å²) in [5, 5.41) is 12.0. The molecule has 4 nitrogen and oxygen atoms in total. The van der Waals surface area contributed by atoms with Crippen LogP contribution in [0.25, 0.3) is 0 Å². The van der Waals surface area contributed by atoms with E-state index in [2.05, 4.69) is 91.9 Å². The Morgan fingerprint density at radius 2 is 1.70 bits per heavy atom. The van der Waals surface area contributed by atoms with Crippen molar-refractivity contribution in [3.63, 3.8) is 0 Å². The highest BCUT2D eigenvalue weighted by Crippen LogP contribution is 2.54. The van der Waals surface area contributed by atoms with Crippen LogP contribution in [-0.2, 0) is 17.5 Å². The van der Waals surface area contributed by atoms with E-state index in [1.54, 1.807) is 0 Å². The number of aromatic nitrogens is 1. The normalized spacial score (nSPS) is 22.2. The number of hydrogen-bond donors (Lipinski definition) is 1. The lowest BCUT2D eigenvalue weighted by Gasteiger charge is -2.50. The van der Waals surface area contributed by atoms with Crippen LogP contribution in [0.4, 0.5) is 0 Å². The lowest BCUT2D eigenvalue weighted by Crippen LogP contribution is -2.52. The number of allylic oxidation sites excluding steroid dienone is 1. The van der Waals surface area contributed by atoms with Crippen molar-refractivity contribution in [1.82, 2.24) is 4.98 Å². The molecule has 1 heterocycles. The van der Waals surface area contributed by atoms with E-state index in [-0.39, 0.29) is 27.9 Å². The highest BCUT2D eigenvalue weighted by atomic mass is 28.4. The monoisotopic (exact) mass is 611 g/mol. The lowest BCUT2D eigenvalue weighted by atomic mass is 9.64. The zero-order chi connectivity index (χ0) is 31.9. The van der Waals surface area contributed by atoms with Gasteiger partial charge < -0.3 is 14.3 Å². The summed E-state index contributed by atoms with van der Waals surface area (Å²) in [5.41, 5.74) is 6.06. The fraction of sp³-hybridized carbons (Fsp3) is 0.513. The Kier molecular flexibility index (Phi) is 9.07. The first-order valence-electron chi connectivity index (χ1n) is 16.5. The third-order valence-corrected chi connectivity index (χ3v) is 14.7. The number of aliphatic hydroxyl groups is 1. The molecule has 0 aliphatic heterocycles. The molecular weight excluding hydrogens is 559 g/mol. The number of aliphatic hydroxyl groups excluding tert-OH is 1. The van der Waals surface area contributed by atoms with Crippen molar-refractivity contribution < 1.29 is 14.3 Å². The molecule has 3 aromatic rings. The summed E-state index contributed by atoms with van der Waals surface area (Å²) in [6.45, 7) is 21.4. The fourth-order valence-electron chi connectivity index (χ4n) is 6.76. The topological polar surface area (TPSA) is 51.6 Å². The molecule has 0 radical (unpaired) electrons. The minimum Gasteiger partial charge on any atom is -0.489 e. The van der Waals surface area contributed by atoms with Gasteiger partial charge in [0.1, 0.15) is 18.5 Å². The summed E-state index contributed by atoms with van der Waals surface area (Å²) in [4.78, 5) is 5.38. The smallest absolute Gasteiger partial charge is 0.193 e. The molecule has 5 rings (SSSR count). The number of rotatable bonds is 9. The van der Waals surface area contributed by atoms with Gasteiger partial charge in [-0.15, -0.1) is 0 Å². The average Bonchev–Trinajstić information content (AvgIpc) is 3.43. The van der Waals surface area contributed by atoms with Crippen LogP contribution in [0.15, 0.2) is 72.8 Å². The van der Waals surface area contributed by atoms with Crippen LogP contribution < -0.4 is 4.74 Å². The molecular formula is C39H53NO3Si. The minimum absolute atomic E-state index is 0.106. The maximum Gasteiger partial charge on any atom is 0.193 e. The predicted octanol–water partition coefficient (Wildman–Crippen LogP) is 10.0. The quantitative estimate of drug-likeness (QED) is 0.193. The van der Waals surface area contributed by atoms with Gasteiger partial charge in [-0.05, 0) is 90.0 Å². The molecule has 0 spiro atoms. The summed E-state index contributed by atoms with van der Waals surface area (Å²) >= 11 is 0. The molecule has 5 heteroatoms. The van der Waals surface area contributed by atoms with Crippen molar-refractivity contribution in [2.24, 2.45) is 5.41 Å². The van der Waals surface area contributed by atoms with Gasteiger partial charge in [0.05, 0.1) is 5.60 Å². The van der Waals surface area contributed by atoms with Crippen molar-refractivity contribution in [3.05, 3.63) is 106 Å². The molecule has 0 saturated carbocycles. The average molecular weight is 612 g/mol. The standard InChI is InChI=1S/C39H53NO3Si/c1-27(2)35-32(36(41)29-17-19-30(20-18-29)42-26-28-15-11-10-12-16-28)23-31-33(24-38(6,7)25-34(31)40-35)39(21-13-14-22-39)43-44(8,9)37(3,4)5/h10-13,15-21,23,27,33,36,41H,14,22,24-26H2,1-9H3/t33-,36+,39?/m0/s1. The van der Waals surface area contributed by atoms with Gasteiger partial charge in [-0.25, -0.2) is 0 Å². The highest BCUT2D eigenvalue weighted by Gasteiger charge is 2.51. The van der Waals surface area contributed by atoms with Gasteiger partial charge in [0, 0.05) is 22.9 Å². The highest BCUT2D eigenvalue weighted by molar-refractivity contribution is 6.74. The van der Waals surface area contributed by atoms with Crippen LogP contribution >= 0.6 is 0 Å². The SMILES string of the molecule is CC(C)c1nc2c(cc1[C@H](O)c1ccc(OCc3ccccc3)cc1)[C@@H](C1(O[Si](C)(C)C(C)(C)C)C=CCC1)CC(C)(C)C2. The lowest BCUT2D eigenvalue weighted by molar-refractivity contribution is 0.0469. The number of fused-ring (bicyclic) bond motifs is 1. The van der Waals surface area contributed by atoms with E-state index >= 15 is 0 Å². The van der Waals surface area contributed by atoms with E-state index in [0.717, 1.165) is 53.8 Å². The number of pyridine rings is 1. The Bertz CT molecular complexity index is 1470. The Hall–Kier alpha value is -2.73. The van der Waals surface area contributed by atoms with E-state index in [4.69, 9.17) is 14.1 Å². The van der Waals surface area contributed by atoms with E-state index in [1.165, 1.54) is 11.3 Å². The first-order chi connectivity index (χ1) is 20.6. The molecule has 2 aliphatic carbocycles. The van der Waals surface area contributed by atoms with Crippen molar-refractivity contribution in [3.8, 4) is 5.75 Å². The molecule has 0 fully saturated rings. The first-order valence-corrected chi connectivity index (χ1v) is 19.4. The summed E-state index contributed by atoms with van der Waals surface area (Å²) in [6.07, 6.45) is 7.92. The summed E-state index contributed by atoms with van der Waals surface area (Å²) in [7, 11) is -2.08. The van der Waals surface area contributed by atoms with Crippen molar-refractivity contribution in [2.45, 2.75) is 122 Å². The third-order valence-electron chi connectivity index (χ3n) is 10.2. The fourth-order valence-corrected chi connectivity index (χ4v) is 8.33. The van der Waals surface area contributed by atoms with Gasteiger partial charge in [-0.1, -0.05) is 103 Å². The predicted molar refractivity (Wildman–Crippen MR) is 184 cm³/mol. The molecule has 2 aliphatic rings. The van der Waals surface area contributed by atoms with Gasteiger partial charge >= 0.3 is 0 Å². The van der Waals surface area contributed by atoms with Crippen LogP contribution in [-0.4, -0.2) is 24.0 Å². The Balaban J connectivity index is 1.52. The molecule has 0 saturated heterocycles. The van der Waals surface area contributed by atoms with Crippen LogP contribution in [0.3, 0.4) is 0 Å². The number of nitrogens with zero attached hydrogens (tertiary/aromatic N) is 1. The number of hydrogen-bond acceptors (Lipinski definition) is 4. The summed E-state index contributed by atoms with van der Waals surface area (Å²) in [6, 6.07) is 20.4. The Labute approximate surface area is 267 Å². The molecule has 0 bridgehead atoms. The van der Waals surface area contributed by atoms with E-state index in [1.807, 2.05) is 42.5 Å². The van der Waals surface area contributed by atoms with E-state index < -0.39 is 14.4 Å². The second kappa shape index (κ2) is 12.2. The van der Waals surface area contributed by atoms with Crippen LogP contribution in [0.2, 0.25) is 18.1 Å². The zero-order valence-electron chi connectivity index (χ0n) is 28.4. The molecule has 44 heavy (non-hydrogen) atoms. The Morgan fingerprint density at radius 1 is 1.02 bits per heavy atom. The maximum absolute atomic E-state index is 11.9. The van der Waals surface area contributed by atoms with E-state index in [9.17, 15) is 5.11 Å². The number of ether oxygens (including phenoxy) is 1. The van der Waals surface area contributed by atoms with Gasteiger partial charge in [0.25, 0.3) is 0 Å². The summed E-state index contributed by atoms with van der Waals surface area (Å²) in [5.74, 6) is 1.16. The maximum atomic E-state index is 11.9. The minimum atomic E-state index is -2.08.